The second-order valence-electron chi connectivity index (χ2n) is 11.4. The molecule has 1 saturated heterocycles. The van der Waals surface area contributed by atoms with Gasteiger partial charge in [0.2, 0.25) is 17.7 Å². The Balaban J connectivity index is 1.75. The molecule has 2 heterocycles. The van der Waals surface area contributed by atoms with Gasteiger partial charge in [-0.2, -0.15) is 0 Å². The average Bonchev–Trinajstić information content (AvgIpc) is 3.42. The van der Waals surface area contributed by atoms with Crippen LogP contribution < -0.4 is 10.6 Å². The Morgan fingerprint density at radius 2 is 1.89 bits per heavy atom. The van der Waals surface area contributed by atoms with Gasteiger partial charge >= 0.3 is 0 Å². The van der Waals surface area contributed by atoms with E-state index in [1.807, 2.05) is 27.7 Å². The largest absolute Gasteiger partial charge is 0.345 e. The standard InChI is InChI=1S/C28H39F2N5O3/c1-17-8-7-13-35(17)25(37)15-22(32-24(36)11-12-28(3,4)5)27(38)31-18(2)26-33-23(16-34(26)6)20-10-9-19(29)14-21(20)30/h9-10,14,16-18,22H,7-8,11-13,15H2,1-6H3,(H,31,38)(H,32,36)/t17-,18-,22-/m0/s1. The van der Waals surface area contributed by atoms with Crippen molar-refractivity contribution in [3.05, 3.63) is 41.9 Å². The van der Waals surface area contributed by atoms with Gasteiger partial charge in [-0.15, -0.1) is 0 Å². The van der Waals surface area contributed by atoms with Gasteiger partial charge in [-0.25, -0.2) is 13.8 Å². The number of aryl methyl sites for hydroxylation is 1. The van der Waals surface area contributed by atoms with Crippen LogP contribution >= 0.6 is 0 Å². The molecule has 0 radical (unpaired) electrons. The van der Waals surface area contributed by atoms with Gasteiger partial charge in [-0.3, -0.25) is 14.4 Å². The summed E-state index contributed by atoms with van der Waals surface area (Å²) in [5.74, 6) is -1.95. The molecular formula is C28H39F2N5O3. The molecular weight excluding hydrogens is 492 g/mol. The molecule has 38 heavy (non-hydrogen) atoms. The Bertz CT molecular complexity index is 1170. The number of nitrogens with zero attached hydrogens (tertiary/aromatic N) is 3. The normalized spacial score (nSPS) is 17.3. The lowest BCUT2D eigenvalue weighted by Crippen LogP contribution is -2.50. The van der Waals surface area contributed by atoms with Crippen LogP contribution in [0.2, 0.25) is 0 Å². The summed E-state index contributed by atoms with van der Waals surface area (Å²) in [6.07, 6.45) is 4.15. The zero-order chi connectivity index (χ0) is 28.2. The highest BCUT2D eigenvalue weighted by atomic mass is 19.1. The first-order chi connectivity index (χ1) is 17.7. The fourth-order valence-electron chi connectivity index (χ4n) is 4.65. The number of hydrogen-bond donors (Lipinski definition) is 2. The molecule has 3 rings (SSSR count). The summed E-state index contributed by atoms with van der Waals surface area (Å²) in [5.41, 5.74) is 0.386. The lowest BCUT2D eigenvalue weighted by Gasteiger charge is -2.26. The maximum Gasteiger partial charge on any atom is 0.243 e. The van der Waals surface area contributed by atoms with Crippen LogP contribution in [0.1, 0.15) is 78.6 Å². The summed E-state index contributed by atoms with van der Waals surface area (Å²) in [6, 6.07) is 1.70. The van der Waals surface area contributed by atoms with Gasteiger partial charge in [0.25, 0.3) is 0 Å². The predicted molar refractivity (Wildman–Crippen MR) is 141 cm³/mol. The van der Waals surface area contributed by atoms with E-state index in [0.29, 0.717) is 24.5 Å². The summed E-state index contributed by atoms with van der Waals surface area (Å²) >= 11 is 0. The van der Waals surface area contributed by atoms with Crippen molar-refractivity contribution in [2.24, 2.45) is 12.5 Å². The van der Waals surface area contributed by atoms with Crippen molar-refractivity contribution in [2.45, 2.75) is 84.8 Å². The first kappa shape index (κ1) is 29.3. The number of carbonyl (C=O) groups excluding carboxylic acids is 3. The monoisotopic (exact) mass is 531 g/mol. The van der Waals surface area contributed by atoms with Crippen LogP contribution in [0.5, 0.6) is 0 Å². The molecule has 1 fully saturated rings. The Morgan fingerprint density at radius 3 is 2.50 bits per heavy atom. The minimum absolute atomic E-state index is 0.0513. The van der Waals surface area contributed by atoms with E-state index in [2.05, 4.69) is 15.6 Å². The van der Waals surface area contributed by atoms with E-state index in [4.69, 9.17) is 0 Å². The maximum atomic E-state index is 14.3. The Hall–Kier alpha value is -3.30. The third kappa shape index (κ3) is 7.61. The summed E-state index contributed by atoms with van der Waals surface area (Å²) in [4.78, 5) is 45.3. The number of aromatic nitrogens is 2. The van der Waals surface area contributed by atoms with E-state index in [-0.39, 0.29) is 41.7 Å². The van der Waals surface area contributed by atoms with E-state index in [9.17, 15) is 23.2 Å². The van der Waals surface area contributed by atoms with Crippen LogP contribution in [0, 0.1) is 17.0 Å². The predicted octanol–water partition coefficient (Wildman–Crippen LogP) is 4.25. The Morgan fingerprint density at radius 1 is 1.18 bits per heavy atom. The van der Waals surface area contributed by atoms with E-state index < -0.39 is 29.6 Å². The SMILES string of the molecule is C[C@H](NC(=O)[C@H](CC(=O)N1CCC[C@@H]1C)NC(=O)CCC(C)(C)C)c1nc(-c2ccc(F)cc2F)cn1C. The first-order valence-electron chi connectivity index (χ1n) is 13.1. The van der Waals surface area contributed by atoms with Crippen LogP contribution in [0.25, 0.3) is 11.3 Å². The molecule has 0 bridgehead atoms. The van der Waals surface area contributed by atoms with Crippen molar-refractivity contribution in [2.75, 3.05) is 6.54 Å². The highest BCUT2D eigenvalue weighted by molar-refractivity contribution is 5.92. The third-order valence-electron chi connectivity index (χ3n) is 6.87. The minimum Gasteiger partial charge on any atom is -0.345 e. The summed E-state index contributed by atoms with van der Waals surface area (Å²) < 4.78 is 29.3. The molecule has 0 spiro atoms. The number of halogens is 2. The minimum atomic E-state index is -1.04. The highest BCUT2D eigenvalue weighted by Crippen LogP contribution is 2.25. The fraction of sp³-hybridized carbons (Fsp3) is 0.571. The van der Waals surface area contributed by atoms with Crippen LogP contribution in [0.4, 0.5) is 8.78 Å². The zero-order valence-corrected chi connectivity index (χ0v) is 23.1. The third-order valence-corrected chi connectivity index (χ3v) is 6.87. The molecule has 1 aliphatic rings. The molecule has 1 aliphatic heterocycles. The van der Waals surface area contributed by atoms with Crippen molar-refractivity contribution in [1.82, 2.24) is 25.1 Å². The summed E-state index contributed by atoms with van der Waals surface area (Å²) in [6.45, 7) is 10.4. The van der Waals surface area contributed by atoms with Gasteiger partial charge in [0, 0.05) is 43.9 Å². The van der Waals surface area contributed by atoms with Crippen molar-refractivity contribution in [3.8, 4) is 11.3 Å². The number of benzene rings is 1. The van der Waals surface area contributed by atoms with Gasteiger partial charge < -0.3 is 20.1 Å². The van der Waals surface area contributed by atoms with Crippen molar-refractivity contribution in [3.63, 3.8) is 0 Å². The van der Waals surface area contributed by atoms with Crippen molar-refractivity contribution in [1.29, 1.82) is 0 Å². The van der Waals surface area contributed by atoms with Crippen LogP contribution in [-0.2, 0) is 21.4 Å². The maximum absolute atomic E-state index is 14.3. The second-order valence-corrected chi connectivity index (χ2v) is 11.4. The van der Waals surface area contributed by atoms with Gasteiger partial charge in [-0.1, -0.05) is 20.8 Å². The zero-order valence-electron chi connectivity index (χ0n) is 23.1. The van der Waals surface area contributed by atoms with E-state index in [1.165, 1.54) is 6.07 Å². The smallest absolute Gasteiger partial charge is 0.243 e. The first-order valence-corrected chi connectivity index (χ1v) is 13.1. The number of rotatable bonds is 9. The van der Waals surface area contributed by atoms with E-state index in [1.54, 1.807) is 29.6 Å². The highest BCUT2D eigenvalue weighted by Gasteiger charge is 2.32. The fourth-order valence-corrected chi connectivity index (χ4v) is 4.65. The summed E-state index contributed by atoms with van der Waals surface area (Å²) in [5, 5.41) is 5.61. The van der Waals surface area contributed by atoms with Crippen LogP contribution in [-0.4, -0.2) is 50.8 Å². The van der Waals surface area contributed by atoms with E-state index >= 15 is 0 Å². The number of likely N-dealkylation sites (tertiary alicyclic amines) is 1. The average molecular weight is 532 g/mol. The molecule has 8 nitrogen and oxygen atoms in total. The van der Waals surface area contributed by atoms with Crippen LogP contribution in [0.15, 0.2) is 24.4 Å². The Labute approximate surface area is 223 Å². The lowest BCUT2D eigenvalue weighted by atomic mass is 9.90. The molecule has 3 amide bonds. The number of imidazole rings is 1. The molecule has 2 N–H and O–H groups in total. The Kier molecular flexibility index (Phi) is 9.27. The lowest BCUT2D eigenvalue weighted by molar-refractivity contribution is -0.137. The van der Waals surface area contributed by atoms with Gasteiger partial charge in [-0.05, 0) is 50.7 Å². The van der Waals surface area contributed by atoms with Crippen LogP contribution in [0.3, 0.4) is 0 Å². The molecule has 3 atom stereocenters. The number of nitrogens with one attached hydrogen (secondary N) is 2. The van der Waals surface area contributed by atoms with Crippen molar-refractivity contribution >= 4 is 17.7 Å². The number of hydrogen-bond acceptors (Lipinski definition) is 4. The molecule has 1 aromatic carbocycles. The van der Waals surface area contributed by atoms with Gasteiger partial charge in [0.15, 0.2) is 0 Å². The number of carbonyl (C=O) groups is 3. The molecule has 1 aromatic heterocycles. The van der Waals surface area contributed by atoms with Gasteiger partial charge in [0.1, 0.15) is 23.5 Å². The molecule has 0 unspecified atom stereocenters. The molecule has 10 heteroatoms. The molecule has 0 aliphatic carbocycles. The van der Waals surface area contributed by atoms with Gasteiger partial charge in [0.05, 0.1) is 18.2 Å². The quantitative estimate of drug-likeness (QED) is 0.506. The topological polar surface area (TPSA) is 96.3 Å². The summed E-state index contributed by atoms with van der Waals surface area (Å²) in [7, 11) is 1.71. The molecule has 208 valence electrons. The van der Waals surface area contributed by atoms with Crippen molar-refractivity contribution < 1.29 is 23.2 Å². The second kappa shape index (κ2) is 12.0. The molecule has 2 aromatic rings. The molecule has 0 saturated carbocycles. The van der Waals surface area contributed by atoms with E-state index in [0.717, 1.165) is 25.0 Å². The number of amides is 3.